The summed E-state index contributed by atoms with van der Waals surface area (Å²) in [5, 5.41) is 0.534. The topological polar surface area (TPSA) is 47.6 Å². The normalized spacial score (nSPS) is 11.3. The molecule has 0 amide bonds. The summed E-state index contributed by atoms with van der Waals surface area (Å²) in [5.74, 6) is 1.55. The average Bonchev–Trinajstić information content (AvgIpc) is 2.40. The minimum absolute atomic E-state index is 0.534. The van der Waals surface area contributed by atoms with Crippen LogP contribution in [0, 0.1) is 0 Å². The van der Waals surface area contributed by atoms with Crippen LogP contribution in [0.2, 0.25) is 0 Å². The van der Waals surface area contributed by atoms with Crippen molar-refractivity contribution in [3.63, 3.8) is 0 Å². The van der Waals surface area contributed by atoms with Crippen LogP contribution >= 0.6 is 11.8 Å². The first-order valence-corrected chi connectivity index (χ1v) is 6.71. The molecule has 2 aromatic rings. The Morgan fingerprint density at radius 2 is 1.78 bits per heavy atom. The van der Waals surface area contributed by atoms with Gasteiger partial charge in [0.05, 0.1) is 5.69 Å². The molecule has 0 spiro atoms. The molecule has 0 radical (unpaired) electrons. The largest absolute Gasteiger partial charge is 0.457 e. The van der Waals surface area contributed by atoms with E-state index in [-0.39, 0.29) is 0 Å². The van der Waals surface area contributed by atoms with Gasteiger partial charge in [0.25, 0.3) is 0 Å². The zero-order chi connectivity index (χ0) is 12.8. The zero-order valence-electron chi connectivity index (χ0n) is 10.0. The average molecular weight is 258 g/mol. The van der Waals surface area contributed by atoms with Gasteiger partial charge in [-0.25, -0.2) is 4.99 Å². The molecule has 2 N–H and O–H groups in total. The minimum atomic E-state index is 0.534. The molecule has 0 saturated carbocycles. The summed E-state index contributed by atoms with van der Waals surface area (Å²) in [6.07, 6.45) is 1.89. The van der Waals surface area contributed by atoms with Crippen LogP contribution in [0.4, 0.5) is 5.69 Å². The van der Waals surface area contributed by atoms with E-state index in [2.05, 4.69) is 4.99 Å². The highest BCUT2D eigenvalue weighted by Gasteiger charge is 1.98. The van der Waals surface area contributed by atoms with Gasteiger partial charge in [-0.15, -0.1) is 0 Å². The van der Waals surface area contributed by atoms with E-state index >= 15 is 0 Å². The summed E-state index contributed by atoms with van der Waals surface area (Å²) in [7, 11) is 0. The Morgan fingerprint density at radius 1 is 1.06 bits per heavy atom. The van der Waals surface area contributed by atoms with Crippen LogP contribution in [-0.4, -0.2) is 11.4 Å². The summed E-state index contributed by atoms with van der Waals surface area (Å²) in [6, 6.07) is 17.2. The van der Waals surface area contributed by atoms with Gasteiger partial charge in [0.15, 0.2) is 5.17 Å². The lowest BCUT2D eigenvalue weighted by Crippen LogP contribution is -2.04. The molecule has 3 nitrogen and oxygen atoms in total. The van der Waals surface area contributed by atoms with Crippen molar-refractivity contribution >= 4 is 22.6 Å². The number of benzene rings is 2. The zero-order valence-corrected chi connectivity index (χ0v) is 10.9. The fraction of sp³-hybridized carbons (Fsp3) is 0.0714. The van der Waals surface area contributed by atoms with Crippen LogP contribution in [0.25, 0.3) is 0 Å². The Balaban J connectivity index is 2.18. The van der Waals surface area contributed by atoms with E-state index in [9.17, 15) is 0 Å². The van der Waals surface area contributed by atoms with Gasteiger partial charge in [0.1, 0.15) is 11.5 Å². The molecule has 0 aliphatic heterocycles. The molecule has 0 aromatic heterocycles. The number of nitrogens with zero attached hydrogens (tertiary/aromatic N) is 1. The second-order valence-corrected chi connectivity index (χ2v) is 4.39. The summed E-state index contributed by atoms with van der Waals surface area (Å²) in [6.45, 7) is 0. The molecule has 0 bridgehead atoms. The lowest BCUT2D eigenvalue weighted by Gasteiger charge is -2.05. The highest BCUT2D eigenvalue weighted by atomic mass is 32.2. The van der Waals surface area contributed by atoms with E-state index in [0.717, 1.165) is 17.2 Å². The molecule has 0 fully saturated rings. The molecule has 2 rings (SSSR count). The van der Waals surface area contributed by atoms with Gasteiger partial charge in [-0.3, -0.25) is 0 Å². The van der Waals surface area contributed by atoms with Crippen molar-refractivity contribution < 1.29 is 4.74 Å². The first-order chi connectivity index (χ1) is 8.78. The van der Waals surface area contributed by atoms with E-state index in [1.165, 1.54) is 11.8 Å². The van der Waals surface area contributed by atoms with Crippen LogP contribution in [0.15, 0.2) is 59.6 Å². The van der Waals surface area contributed by atoms with Gasteiger partial charge in [-0.2, -0.15) is 0 Å². The third-order valence-corrected chi connectivity index (χ3v) is 2.75. The SMILES string of the molecule is CSC(N)=Nc1cccc(Oc2ccccc2)c1. The molecule has 0 aliphatic rings. The Bertz CT molecular complexity index is 541. The summed E-state index contributed by atoms with van der Waals surface area (Å²) >= 11 is 1.42. The van der Waals surface area contributed by atoms with Gasteiger partial charge in [-0.1, -0.05) is 36.0 Å². The summed E-state index contributed by atoms with van der Waals surface area (Å²) in [5.41, 5.74) is 6.47. The molecular weight excluding hydrogens is 244 g/mol. The molecule has 2 aromatic carbocycles. The Hall–Kier alpha value is -1.94. The van der Waals surface area contributed by atoms with Crippen LogP contribution in [0.3, 0.4) is 0 Å². The van der Waals surface area contributed by atoms with Crippen molar-refractivity contribution in [3.05, 3.63) is 54.6 Å². The van der Waals surface area contributed by atoms with Gasteiger partial charge in [0, 0.05) is 6.07 Å². The Morgan fingerprint density at radius 3 is 2.50 bits per heavy atom. The van der Waals surface area contributed by atoms with Crippen molar-refractivity contribution in [3.8, 4) is 11.5 Å². The Kier molecular flexibility index (Phi) is 4.25. The van der Waals surface area contributed by atoms with Crippen molar-refractivity contribution in [2.45, 2.75) is 0 Å². The number of aliphatic imine (C=N–C) groups is 1. The molecule has 0 heterocycles. The predicted octanol–water partition coefficient (Wildman–Crippen LogP) is 3.79. The number of para-hydroxylation sites is 1. The highest BCUT2D eigenvalue weighted by Crippen LogP contribution is 2.25. The van der Waals surface area contributed by atoms with E-state index in [4.69, 9.17) is 10.5 Å². The Labute approximate surface area is 111 Å². The summed E-state index contributed by atoms with van der Waals surface area (Å²) in [4.78, 5) is 4.26. The van der Waals surface area contributed by atoms with E-state index in [0.29, 0.717) is 5.17 Å². The monoisotopic (exact) mass is 258 g/mol. The maximum Gasteiger partial charge on any atom is 0.158 e. The standard InChI is InChI=1S/C14H14N2OS/c1-18-14(15)16-11-6-5-9-13(10-11)17-12-7-3-2-4-8-12/h2-10H,1H3,(H2,15,16). The fourth-order valence-electron chi connectivity index (χ4n) is 1.41. The second-order valence-electron chi connectivity index (χ2n) is 3.57. The first kappa shape index (κ1) is 12.5. The molecular formula is C14H14N2OS. The number of hydrogen-bond acceptors (Lipinski definition) is 3. The highest BCUT2D eigenvalue weighted by molar-refractivity contribution is 8.13. The number of nitrogens with two attached hydrogens (primary N) is 1. The molecule has 0 unspecified atom stereocenters. The number of ether oxygens (including phenoxy) is 1. The maximum atomic E-state index is 5.72. The van der Waals surface area contributed by atoms with Crippen molar-refractivity contribution in [1.29, 1.82) is 0 Å². The number of amidine groups is 1. The van der Waals surface area contributed by atoms with E-state index in [1.54, 1.807) is 0 Å². The van der Waals surface area contributed by atoms with Crippen molar-refractivity contribution in [1.82, 2.24) is 0 Å². The first-order valence-electron chi connectivity index (χ1n) is 5.49. The van der Waals surface area contributed by atoms with Crippen LogP contribution in [0.1, 0.15) is 0 Å². The van der Waals surface area contributed by atoms with Crippen molar-refractivity contribution in [2.75, 3.05) is 6.26 Å². The van der Waals surface area contributed by atoms with Crippen LogP contribution in [0.5, 0.6) is 11.5 Å². The molecule has 4 heteroatoms. The van der Waals surface area contributed by atoms with Crippen LogP contribution in [-0.2, 0) is 0 Å². The van der Waals surface area contributed by atoms with Gasteiger partial charge >= 0.3 is 0 Å². The van der Waals surface area contributed by atoms with Crippen molar-refractivity contribution in [2.24, 2.45) is 10.7 Å². The maximum absolute atomic E-state index is 5.72. The quantitative estimate of drug-likeness (QED) is 0.673. The number of hydrogen-bond donors (Lipinski definition) is 1. The smallest absolute Gasteiger partial charge is 0.158 e. The fourth-order valence-corrected chi connectivity index (χ4v) is 1.61. The van der Waals surface area contributed by atoms with Gasteiger partial charge in [-0.05, 0) is 30.5 Å². The molecule has 0 aliphatic carbocycles. The predicted molar refractivity (Wildman–Crippen MR) is 77.8 cm³/mol. The lowest BCUT2D eigenvalue weighted by atomic mass is 10.3. The second kappa shape index (κ2) is 6.12. The molecule has 92 valence electrons. The lowest BCUT2D eigenvalue weighted by molar-refractivity contribution is 0.483. The van der Waals surface area contributed by atoms with Crippen LogP contribution < -0.4 is 10.5 Å². The number of rotatable bonds is 3. The molecule has 0 saturated heterocycles. The molecule has 18 heavy (non-hydrogen) atoms. The minimum Gasteiger partial charge on any atom is -0.457 e. The summed E-state index contributed by atoms with van der Waals surface area (Å²) < 4.78 is 5.72. The molecule has 0 atom stereocenters. The van der Waals surface area contributed by atoms with Gasteiger partial charge in [0.2, 0.25) is 0 Å². The third kappa shape index (κ3) is 3.53. The number of thioether (sulfide) groups is 1. The third-order valence-electron chi connectivity index (χ3n) is 2.24. The van der Waals surface area contributed by atoms with Gasteiger partial charge < -0.3 is 10.5 Å². The van der Waals surface area contributed by atoms with E-state index in [1.807, 2.05) is 60.9 Å². The van der Waals surface area contributed by atoms with E-state index < -0.39 is 0 Å².